The molecule has 0 fully saturated rings. The number of methoxy groups -OCH3 is 2. The molecule has 0 aliphatic rings. The Morgan fingerprint density at radius 1 is 1.10 bits per heavy atom. The van der Waals surface area contributed by atoms with Crippen LogP contribution in [-0.4, -0.2) is 20.1 Å². The van der Waals surface area contributed by atoms with E-state index in [1.54, 1.807) is 32.4 Å². The van der Waals surface area contributed by atoms with E-state index >= 15 is 0 Å². The van der Waals surface area contributed by atoms with Crippen LogP contribution in [0.4, 0.5) is 5.69 Å². The molecule has 21 heavy (non-hydrogen) atoms. The van der Waals surface area contributed by atoms with Crippen molar-refractivity contribution in [1.82, 2.24) is 0 Å². The minimum atomic E-state index is -0.198. The maximum absolute atomic E-state index is 12.4. The highest BCUT2D eigenvalue weighted by molar-refractivity contribution is 14.1. The molecule has 0 saturated carbocycles. The molecule has 0 unspecified atom stereocenters. The van der Waals surface area contributed by atoms with Crippen molar-refractivity contribution in [2.24, 2.45) is 0 Å². The van der Waals surface area contributed by atoms with Crippen LogP contribution in [0, 0.1) is 3.57 Å². The van der Waals surface area contributed by atoms with Crippen LogP contribution < -0.4 is 14.8 Å². The van der Waals surface area contributed by atoms with Crippen LogP contribution in [0.15, 0.2) is 40.9 Å². The summed E-state index contributed by atoms with van der Waals surface area (Å²) in [6.07, 6.45) is 0. The van der Waals surface area contributed by atoms with Gasteiger partial charge in [0.2, 0.25) is 0 Å². The lowest BCUT2D eigenvalue weighted by Crippen LogP contribution is -2.13. The third-order valence-electron chi connectivity index (χ3n) is 2.78. The van der Waals surface area contributed by atoms with Gasteiger partial charge >= 0.3 is 0 Å². The summed E-state index contributed by atoms with van der Waals surface area (Å²) in [6.45, 7) is 0. The monoisotopic (exact) mass is 461 g/mol. The molecule has 0 atom stereocenters. The number of hydrogen-bond acceptors (Lipinski definition) is 3. The van der Waals surface area contributed by atoms with Gasteiger partial charge in [0, 0.05) is 31.9 Å². The zero-order valence-corrected chi connectivity index (χ0v) is 15.2. The molecule has 0 bridgehead atoms. The summed E-state index contributed by atoms with van der Waals surface area (Å²) in [5.41, 5.74) is 1.19. The van der Waals surface area contributed by atoms with E-state index in [0.29, 0.717) is 22.7 Å². The van der Waals surface area contributed by atoms with Gasteiger partial charge in [0.15, 0.2) is 0 Å². The summed E-state index contributed by atoms with van der Waals surface area (Å²) in [4.78, 5) is 12.4. The Kier molecular flexibility index (Phi) is 5.46. The van der Waals surface area contributed by atoms with E-state index in [9.17, 15) is 4.79 Å². The van der Waals surface area contributed by atoms with Gasteiger partial charge in [-0.1, -0.05) is 0 Å². The molecule has 1 N–H and O–H groups in total. The lowest BCUT2D eigenvalue weighted by molar-refractivity contribution is 0.102. The van der Waals surface area contributed by atoms with Gasteiger partial charge in [0.05, 0.1) is 19.8 Å². The number of carbonyl (C=O) groups excluding carboxylic acids is 1. The van der Waals surface area contributed by atoms with Crippen molar-refractivity contribution in [3.63, 3.8) is 0 Å². The van der Waals surface area contributed by atoms with Gasteiger partial charge in [0.25, 0.3) is 5.91 Å². The van der Waals surface area contributed by atoms with Crippen LogP contribution in [0.25, 0.3) is 0 Å². The van der Waals surface area contributed by atoms with Crippen molar-refractivity contribution in [2.75, 3.05) is 19.5 Å². The van der Waals surface area contributed by atoms with Crippen LogP contribution in [0.5, 0.6) is 11.5 Å². The Balaban J connectivity index is 2.28. The number of halogens is 2. The first-order valence-corrected chi connectivity index (χ1v) is 7.90. The summed E-state index contributed by atoms with van der Waals surface area (Å²) in [6, 6.07) is 10.8. The van der Waals surface area contributed by atoms with E-state index in [1.807, 2.05) is 18.2 Å². The first-order valence-electron chi connectivity index (χ1n) is 6.03. The highest BCUT2D eigenvalue weighted by Crippen LogP contribution is 2.27. The SMILES string of the molecule is COc1cc(NC(=O)c2cc(I)ccc2Br)cc(OC)c1. The normalized spacial score (nSPS) is 10.1. The Labute approximate surface area is 145 Å². The van der Waals surface area contributed by atoms with E-state index in [1.165, 1.54) is 0 Å². The molecule has 0 heterocycles. The summed E-state index contributed by atoms with van der Waals surface area (Å²) in [5, 5.41) is 2.84. The zero-order valence-electron chi connectivity index (χ0n) is 11.4. The third-order valence-corrected chi connectivity index (χ3v) is 4.14. The van der Waals surface area contributed by atoms with Gasteiger partial charge in [-0.05, 0) is 56.7 Å². The smallest absolute Gasteiger partial charge is 0.256 e. The second kappa shape index (κ2) is 7.13. The Morgan fingerprint density at radius 3 is 2.29 bits per heavy atom. The van der Waals surface area contributed by atoms with E-state index in [0.717, 1.165) is 8.04 Å². The molecule has 2 rings (SSSR count). The number of carbonyl (C=O) groups is 1. The number of amides is 1. The second-order valence-electron chi connectivity index (χ2n) is 4.18. The largest absolute Gasteiger partial charge is 0.497 e. The standard InChI is InChI=1S/C15H13BrINO3/c1-20-11-6-10(7-12(8-11)21-2)18-15(19)13-5-9(17)3-4-14(13)16/h3-8H,1-2H3,(H,18,19). The van der Waals surface area contributed by atoms with Crippen molar-refractivity contribution >= 4 is 50.1 Å². The highest BCUT2D eigenvalue weighted by atomic mass is 127. The number of nitrogens with one attached hydrogen (secondary N) is 1. The first-order chi connectivity index (χ1) is 10.0. The van der Waals surface area contributed by atoms with E-state index < -0.39 is 0 Å². The molecule has 0 spiro atoms. The minimum Gasteiger partial charge on any atom is -0.497 e. The molecule has 0 aliphatic heterocycles. The van der Waals surface area contributed by atoms with Gasteiger partial charge in [-0.15, -0.1) is 0 Å². The molecule has 0 aromatic heterocycles. The Hall–Kier alpha value is -1.28. The fourth-order valence-electron chi connectivity index (χ4n) is 1.75. The molecule has 1 amide bonds. The number of ether oxygens (including phenoxy) is 2. The molecule has 0 radical (unpaired) electrons. The van der Waals surface area contributed by atoms with Gasteiger partial charge in [-0.3, -0.25) is 4.79 Å². The number of hydrogen-bond donors (Lipinski definition) is 1. The number of benzene rings is 2. The predicted octanol–water partition coefficient (Wildman–Crippen LogP) is 4.32. The van der Waals surface area contributed by atoms with Crippen LogP contribution in [-0.2, 0) is 0 Å². The van der Waals surface area contributed by atoms with Crippen molar-refractivity contribution in [2.45, 2.75) is 0 Å². The van der Waals surface area contributed by atoms with Crippen molar-refractivity contribution in [3.8, 4) is 11.5 Å². The quantitative estimate of drug-likeness (QED) is 0.689. The summed E-state index contributed by atoms with van der Waals surface area (Å²) < 4.78 is 12.1. The van der Waals surface area contributed by atoms with E-state index in [-0.39, 0.29) is 5.91 Å². The van der Waals surface area contributed by atoms with Gasteiger partial charge in [-0.25, -0.2) is 0 Å². The van der Waals surface area contributed by atoms with Crippen LogP contribution in [0.2, 0.25) is 0 Å². The molecule has 2 aromatic rings. The van der Waals surface area contributed by atoms with Gasteiger partial charge in [-0.2, -0.15) is 0 Å². The van der Waals surface area contributed by atoms with Crippen molar-refractivity contribution < 1.29 is 14.3 Å². The van der Waals surface area contributed by atoms with Crippen LogP contribution in [0.3, 0.4) is 0 Å². The Morgan fingerprint density at radius 2 is 1.71 bits per heavy atom. The lowest BCUT2D eigenvalue weighted by atomic mass is 10.2. The lowest BCUT2D eigenvalue weighted by Gasteiger charge is -2.11. The third kappa shape index (κ3) is 4.10. The summed E-state index contributed by atoms with van der Waals surface area (Å²) >= 11 is 5.56. The van der Waals surface area contributed by atoms with E-state index in [4.69, 9.17) is 9.47 Å². The summed E-state index contributed by atoms with van der Waals surface area (Å²) in [5.74, 6) is 1.04. The predicted molar refractivity (Wildman–Crippen MR) is 94.4 cm³/mol. The first kappa shape index (κ1) is 16.1. The molecular formula is C15H13BrINO3. The fraction of sp³-hybridized carbons (Fsp3) is 0.133. The topological polar surface area (TPSA) is 47.6 Å². The molecular weight excluding hydrogens is 449 g/mol. The molecule has 6 heteroatoms. The maximum Gasteiger partial charge on any atom is 0.256 e. The molecule has 2 aromatic carbocycles. The number of anilines is 1. The van der Waals surface area contributed by atoms with Gasteiger partial charge in [0.1, 0.15) is 11.5 Å². The fourth-order valence-corrected chi connectivity index (χ4v) is 2.67. The maximum atomic E-state index is 12.4. The average Bonchev–Trinajstić information content (AvgIpc) is 2.49. The Bertz CT molecular complexity index is 654. The van der Waals surface area contributed by atoms with Crippen LogP contribution in [0.1, 0.15) is 10.4 Å². The second-order valence-corrected chi connectivity index (χ2v) is 6.28. The molecule has 110 valence electrons. The summed E-state index contributed by atoms with van der Waals surface area (Å²) in [7, 11) is 3.13. The molecule has 4 nitrogen and oxygen atoms in total. The van der Waals surface area contributed by atoms with Crippen molar-refractivity contribution in [1.29, 1.82) is 0 Å². The average molecular weight is 462 g/mol. The van der Waals surface area contributed by atoms with E-state index in [2.05, 4.69) is 43.8 Å². The molecule has 0 aliphatic carbocycles. The van der Waals surface area contributed by atoms with Gasteiger partial charge < -0.3 is 14.8 Å². The van der Waals surface area contributed by atoms with Crippen molar-refractivity contribution in [3.05, 3.63) is 50.0 Å². The highest BCUT2D eigenvalue weighted by Gasteiger charge is 2.12. The molecule has 0 saturated heterocycles. The zero-order chi connectivity index (χ0) is 15.4. The van der Waals surface area contributed by atoms with Crippen LogP contribution >= 0.6 is 38.5 Å². The minimum absolute atomic E-state index is 0.198. The number of rotatable bonds is 4.